The van der Waals surface area contributed by atoms with E-state index in [4.69, 9.17) is 0 Å². The van der Waals surface area contributed by atoms with E-state index in [2.05, 4.69) is 15.3 Å². The molecule has 114 valence electrons. The number of piperidine rings is 1. The lowest BCUT2D eigenvalue weighted by Gasteiger charge is -2.33. The lowest BCUT2D eigenvalue weighted by atomic mass is 10.0. The van der Waals surface area contributed by atoms with Crippen molar-refractivity contribution < 1.29 is 8.42 Å². The zero-order chi connectivity index (χ0) is 15.0. The summed E-state index contributed by atoms with van der Waals surface area (Å²) in [5, 5.41) is 9.17. The fourth-order valence-electron chi connectivity index (χ4n) is 2.70. The number of H-pyrrole nitrogens is 2. The maximum absolute atomic E-state index is 12.7. The first kappa shape index (κ1) is 14.1. The van der Waals surface area contributed by atoms with Crippen molar-refractivity contribution in [2.45, 2.75) is 30.2 Å². The molecular weight excluding hydrogens is 294 g/mol. The van der Waals surface area contributed by atoms with Crippen molar-refractivity contribution in [2.24, 2.45) is 7.05 Å². The third-order valence-corrected chi connectivity index (χ3v) is 5.67. The molecule has 0 amide bonds. The number of nitrogens with zero attached hydrogens (tertiary/aromatic N) is 3. The van der Waals surface area contributed by atoms with Crippen molar-refractivity contribution in [1.82, 2.24) is 24.3 Å². The van der Waals surface area contributed by atoms with Crippen LogP contribution >= 0.6 is 0 Å². The Morgan fingerprint density at radius 3 is 2.81 bits per heavy atom. The Morgan fingerprint density at radius 1 is 1.38 bits per heavy atom. The summed E-state index contributed by atoms with van der Waals surface area (Å²) >= 11 is 0. The van der Waals surface area contributed by atoms with E-state index in [0.717, 1.165) is 12.8 Å². The molecule has 1 fully saturated rings. The number of aromatic amines is 2. The molecule has 1 unspecified atom stereocenters. The van der Waals surface area contributed by atoms with Crippen LogP contribution in [0.25, 0.3) is 0 Å². The zero-order valence-corrected chi connectivity index (χ0v) is 12.4. The summed E-state index contributed by atoms with van der Waals surface area (Å²) in [4.78, 5) is 11.8. The van der Waals surface area contributed by atoms with Gasteiger partial charge in [-0.2, -0.15) is 9.40 Å². The number of aryl methyl sites for hydroxylation is 1. The minimum Gasteiger partial charge on any atom is -0.298 e. The second-order valence-electron chi connectivity index (χ2n) is 5.17. The summed E-state index contributed by atoms with van der Waals surface area (Å²) in [5.74, 6) is 0. The number of sulfonamides is 1. The molecule has 1 saturated heterocycles. The van der Waals surface area contributed by atoms with Crippen molar-refractivity contribution in [3.63, 3.8) is 0 Å². The van der Waals surface area contributed by atoms with Gasteiger partial charge in [-0.15, -0.1) is 0 Å². The normalized spacial score (nSPS) is 20.7. The van der Waals surface area contributed by atoms with E-state index < -0.39 is 10.0 Å². The van der Waals surface area contributed by atoms with Crippen molar-refractivity contribution >= 4 is 10.0 Å². The molecular formula is C12H17N5O3S. The van der Waals surface area contributed by atoms with Crippen LogP contribution in [0.5, 0.6) is 0 Å². The van der Waals surface area contributed by atoms with Crippen LogP contribution in [0.1, 0.15) is 31.0 Å². The summed E-state index contributed by atoms with van der Waals surface area (Å²) < 4.78 is 28.2. The molecule has 3 heterocycles. The molecule has 0 saturated carbocycles. The number of hydrogen-bond donors (Lipinski definition) is 2. The molecule has 21 heavy (non-hydrogen) atoms. The maximum atomic E-state index is 12.7. The van der Waals surface area contributed by atoms with E-state index in [-0.39, 0.29) is 16.5 Å². The predicted molar refractivity (Wildman–Crippen MR) is 75.1 cm³/mol. The van der Waals surface area contributed by atoms with Crippen LogP contribution in [0, 0.1) is 0 Å². The van der Waals surface area contributed by atoms with Gasteiger partial charge in [0.15, 0.2) is 0 Å². The smallest absolute Gasteiger partial charge is 0.266 e. The number of hydrogen-bond acceptors (Lipinski definition) is 4. The molecule has 0 spiro atoms. The highest BCUT2D eigenvalue weighted by molar-refractivity contribution is 7.89. The third-order valence-electron chi connectivity index (χ3n) is 3.80. The molecule has 2 aromatic heterocycles. The first-order valence-corrected chi connectivity index (χ1v) is 8.21. The third kappa shape index (κ3) is 2.42. The first-order valence-electron chi connectivity index (χ1n) is 6.77. The summed E-state index contributed by atoms with van der Waals surface area (Å²) in [5.41, 5.74) is 0.463. The minimum atomic E-state index is -3.61. The largest absolute Gasteiger partial charge is 0.298 e. The van der Waals surface area contributed by atoms with Crippen LogP contribution in [0.3, 0.4) is 0 Å². The highest BCUT2D eigenvalue weighted by Crippen LogP contribution is 2.33. The Morgan fingerprint density at radius 2 is 2.19 bits per heavy atom. The van der Waals surface area contributed by atoms with Gasteiger partial charge in [-0.3, -0.25) is 19.7 Å². The van der Waals surface area contributed by atoms with Crippen molar-refractivity contribution in [3.8, 4) is 0 Å². The molecule has 1 aliphatic heterocycles. The van der Waals surface area contributed by atoms with E-state index >= 15 is 0 Å². The monoisotopic (exact) mass is 311 g/mol. The fourth-order valence-corrected chi connectivity index (χ4v) is 4.28. The summed E-state index contributed by atoms with van der Waals surface area (Å²) in [7, 11) is -2.00. The van der Waals surface area contributed by atoms with E-state index in [9.17, 15) is 13.2 Å². The van der Waals surface area contributed by atoms with Crippen molar-refractivity contribution in [3.05, 3.63) is 34.5 Å². The van der Waals surface area contributed by atoms with E-state index in [1.807, 2.05) is 0 Å². The molecule has 2 N–H and O–H groups in total. The fraction of sp³-hybridized carbons (Fsp3) is 0.500. The van der Waals surface area contributed by atoms with Gasteiger partial charge in [-0.05, 0) is 12.8 Å². The molecule has 0 aliphatic carbocycles. The van der Waals surface area contributed by atoms with Gasteiger partial charge in [0.2, 0.25) is 10.0 Å². The number of nitrogens with one attached hydrogen (secondary N) is 2. The second kappa shape index (κ2) is 5.15. The molecule has 9 heteroatoms. The van der Waals surface area contributed by atoms with Gasteiger partial charge in [0.05, 0.1) is 17.9 Å². The van der Waals surface area contributed by atoms with Crippen LogP contribution in [0.2, 0.25) is 0 Å². The second-order valence-corrected chi connectivity index (χ2v) is 7.06. The predicted octanol–water partition coefficient (Wildman–Crippen LogP) is 0.352. The van der Waals surface area contributed by atoms with Crippen molar-refractivity contribution in [2.75, 3.05) is 6.54 Å². The Balaban J connectivity index is 2.01. The van der Waals surface area contributed by atoms with Crippen LogP contribution in [0.4, 0.5) is 0 Å². The SMILES string of the molecule is Cn1[nH]c(C2CCCCN2S(=O)(=O)c2cn[nH]c2)cc1=O. The Kier molecular flexibility index (Phi) is 3.46. The van der Waals surface area contributed by atoms with Gasteiger partial charge in [0.1, 0.15) is 4.90 Å². The zero-order valence-electron chi connectivity index (χ0n) is 11.6. The quantitative estimate of drug-likeness (QED) is 0.853. The van der Waals surface area contributed by atoms with Gasteiger partial charge in [-0.25, -0.2) is 8.42 Å². The molecule has 0 radical (unpaired) electrons. The van der Waals surface area contributed by atoms with E-state index in [1.165, 1.54) is 27.4 Å². The molecule has 2 aromatic rings. The Hall–Kier alpha value is -1.87. The Bertz CT molecular complexity index is 774. The van der Waals surface area contributed by atoms with Crippen LogP contribution in [-0.4, -0.2) is 39.2 Å². The lowest BCUT2D eigenvalue weighted by Crippen LogP contribution is -2.38. The van der Waals surface area contributed by atoms with Gasteiger partial charge >= 0.3 is 0 Å². The highest BCUT2D eigenvalue weighted by Gasteiger charge is 2.35. The molecule has 1 atom stereocenters. The van der Waals surface area contributed by atoms with Crippen LogP contribution < -0.4 is 5.56 Å². The summed E-state index contributed by atoms with van der Waals surface area (Å²) in [6.07, 6.45) is 5.10. The average molecular weight is 311 g/mol. The molecule has 0 bridgehead atoms. The highest BCUT2D eigenvalue weighted by atomic mass is 32.2. The topological polar surface area (TPSA) is 104 Å². The van der Waals surface area contributed by atoms with E-state index in [0.29, 0.717) is 18.7 Å². The van der Waals surface area contributed by atoms with E-state index in [1.54, 1.807) is 7.05 Å². The number of rotatable bonds is 3. The summed E-state index contributed by atoms with van der Waals surface area (Å²) in [6, 6.07) is 1.13. The number of aromatic nitrogens is 4. The van der Waals surface area contributed by atoms with Gasteiger partial charge in [0.25, 0.3) is 5.56 Å². The summed E-state index contributed by atoms with van der Waals surface area (Å²) in [6.45, 7) is 0.440. The first-order chi connectivity index (χ1) is 10.00. The van der Waals surface area contributed by atoms with Gasteiger partial charge < -0.3 is 0 Å². The minimum absolute atomic E-state index is 0.146. The standard InChI is InChI=1S/C12H17N5O3S/c1-16-12(18)6-10(15-16)11-4-2-3-5-17(11)21(19,20)9-7-13-14-8-9/h6-8,11,15H,2-5H2,1H3,(H,13,14). The van der Waals surface area contributed by atoms with Gasteiger partial charge in [0, 0.05) is 25.9 Å². The van der Waals surface area contributed by atoms with Crippen molar-refractivity contribution in [1.29, 1.82) is 0 Å². The van der Waals surface area contributed by atoms with Crippen LogP contribution in [0.15, 0.2) is 28.2 Å². The molecule has 0 aromatic carbocycles. The van der Waals surface area contributed by atoms with Crippen LogP contribution in [-0.2, 0) is 17.1 Å². The van der Waals surface area contributed by atoms with Gasteiger partial charge in [-0.1, -0.05) is 6.42 Å². The lowest BCUT2D eigenvalue weighted by molar-refractivity contribution is 0.250. The molecule has 8 nitrogen and oxygen atoms in total. The molecule has 1 aliphatic rings. The Labute approximate surface area is 121 Å². The average Bonchev–Trinajstić information content (AvgIpc) is 3.10. The maximum Gasteiger partial charge on any atom is 0.266 e. The molecule has 3 rings (SSSR count).